The molecule has 1 atom stereocenters. The van der Waals surface area contributed by atoms with Crippen molar-refractivity contribution in [1.29, 1.82) is 0 Å². The van der Waals surface area contributed by atoms with Gasteiger partial charge < -0.3 is 15.5 Å². The Morgan fingerprint density at radius 1 is 1.58 bits per heavy atom. The fourth-order valence-electron chi connectivity index (χ4n) is 1.49. The van der Waals surface area contributed by atoms with E-state index in [1.165, 1.54) is 0 Å². The summed E-state index contributed by atoms with van der Waals surface area (Å²) in [7, 11) is 3.74. The number of carbonyl (C=O) groups is 1. The lowest BCUT2D eigenvalue weighted by Gasteiger charge is -2.15. The lowest BCUT2D eigenvalue weighted by molar-refractivity contribution is -0.129. The van der Waals surface area contributed by atoms with Crippen LogP contribution in [0.3, 0.4) is 0 Å². The second-order valence-corrected chi connectivity index (χ2v) is 3.14. The normalized spacial score (nSPS) is 23.2. The van der Waals surface area contributed by atoms with Crippen LogP contribution in [0.15, 0.2) is 0 Å². The quantitative estimate of drug-likeness (QED) is 0.574. The van der Waals surface area contributed by atoms with E-state index in [4.69, 9.17) is 0 Å². The molecule has 4 nitrogen and oxygen atoms in total. The molecule has 1 amide bonds. The molecule has 0 bridgehead atoms. The van der Waals surface area contributed by atoms with E-state index >= 15 is 0 Å². The topological polar surface area (TPSA) is 44.4 Å². The van der Waals surface area contributed by atoms with Gasteiger partial charge in [0, 0.05) is 19.1 Å². The van der Waals surface area contributed by atoms with Gasteiger partial charge in [0.05, 0.1) is 6.54 Å². The van der Waals surface area contributed by atoms with Gasteiger partial charge in [0.25, 0.3) is 0 Å². The fourth-order valence-corrected chi connectivity index (χ4v) is 1.49. The van der Waals surface area contributed by atoms with Crippen molar-refractivity contribution >= 4 is 5.91 Å². The van der Waals surface area contributed by atoms with E-state index in [-0.39, 0.29) is 5.91 Å². The summed E-state index contributed by atoms with van der Waals surface area (Å²) in [6.07, 6.45) is 1.08. The van der Waals surface area contributed by atoms with Gasteiger partial charge in [-0.1, -0.05) is 0 Å². The molecule has 0 unspecified atom stereocenters. The molecule has 1 saturated heterocycles. The average Bonchev–Trinajstić information content (AvgIpc) is 2.52. The van der Waals surface area contributed by atoms with Crippen LogP contribution in [0.5, 0.6) is 0 Å². The van der Waals surface area contributed by atoms with Crippen molar-refractivity contribution in [3.63, 3.8) is 0 Å². The van der Waals surface area contributed by atoms with Gasteiger partial charge in [-0.3, -0.25) is 4.79 Å². The molecule has 12 heavy (non-hydrogen) atoms. The van der Waals surface area contributed by atoms with Gasteiger partial charge >= 0.3 is 0 Å². The third-order valence-corrected chi connectivity index (χ3v) is 2.28. The SMILES string of the molecule is CNCC(=O)N1CC[C@H](NC)C1. The second kappa shape index (κ2) is 4.42. The highest BCUT2D eigenvalue weighted by atomic mass is 16.2. The van der Waals surface area contributed by atoms with Crippen molar-refractivity contribution in [3.05, 3.63) is 0 Å². The van der Waals surface area contributed by atoms with E-state index in [2.05, 4.69) is 10.6 Å². The average molecular weight is 171 g/mol. The zero-order chi connectivity index (χ0) is 8.97. The molecule has 1 heterocycles. The van der Waals surface area contributed by atoms with Crippen LogP contribution in [0.4, 0.5) is 0 Å². The number of likely N-dealkylation sites (N-methyl/N-ethyl adjacent to an activating group) is 2. The molecule has 2 N–H and O–H groups in total. The van der Waals surface area contributed by atoms with E-state index in [0.29, 0.717) is 12.6 Å². The van der Waals surface area contributed by atoms with Crippen LogP contribution in [0.25, 0.3) is 0 Å². The van der Waals surface area contributed by atoms with Crippen molar-refractivity contribution in [1.82, 2.24) is 15.5 Å². The Balaban J connectivity index is 2.31. The molecule has 1 rings (SSSR count). The fraction of sp³-hybridized carbons (Fsp3) is 0.875. The van der Waals surface area contributed by atoms with Gasteiger partial charge in [0.1, 0.15) is 0 Å². The van der Waals surface area contributed by atoms with Gasteiger partial charge in [0.2, 0.25) is 5.91 Å². The van der Waals surface area contributed by atoms with Crippen LogP contribution >= 0.6 is 0 Å². The molecule has 1 aliphatic rings. The zero-order valence-corrected chi connectivity index (χ0v) is 7.76. The van der Waals surface area contributed by atoms with Gasteiger partial charge in [0.15, 0.2) is 0 Å². The third-order valence-electron chi connectivity index (χ3n) is 2.28. The Hall–Kier alpha value is -0.610. The highest BCUT2D eigenvalue weighted by Gasteiger charge is 2.23. The highest BCUT2D eigenvalue weighted by molar-refractivity contribution is 5.78. The number of nitrogens with one attached hydrogen (secondary N) is 2. The monoisotopic (exact) mass is 171 g/mol. The Kier molecular flexibility index (Phi) is 3.49. The molecule has 0 spiro atoms. The van der Waals surface area contributed by atoms with E-state index in [1.807, 2.05) is 11.9 Å². The van der Waals surface area contributed by atoms with Crippen LogP contribution in [0.1, 0.15) is 6.42 Å². The predicted molar refractivity (Wildman–Crippen MR) is 48.0 cm³/mol. The van der Waals surface area contributed by atoms with Crippen LogP contribution in [-0.4, -0.2) is 50.6 Å². The largest absolute Gasteiger partial charge is 0.340 e. The third kappa shape index (κ3) is 2.19. The number of rotatable bonds is 3. The lowest BCUT2D eigenvalue weighted by atomic mass is 10.3. The summed E-state index contributed by atoms with van der Waals surface area (Å²) in [5, 5.41) is 6.04. The molecule has 1 fully saturated rings. The maximum Gasteiger partial charge on any atom is 0.236 e. The summed E-state index contributed by atoms with van der Waals surface area (Å²) < 4.78 is 0. The first kappa shape index (κ1) is 9.48. The zero-order valence-electron chi connectivity index (χ0n) is 7.76. The summed E-state index contributed by atoms with van der Waals surface area (Å²) in [6, 6.07) is 0.491. The second-order valence-electron chi connectivity index (χ2n) is 3.14. The first-order valence-corrected chi connectivity index (χ1v) is 4.37. The summed E-state index contributed by atoms with van der Waals surface area (Å²) in [5.74, 6) is 0.204. The van der Waals surface area contributed by atoms with E-state index < -0.39 is 0 Å². The van der Waals surface area contributed by atoms with Crippen LogP contribution < -0.4 is 10.6 Å². The van der Waals surface area contributed by atoms with E-state index in [1.54, 1.807) is 7.05 Å². The van der Waals surface area contributed by atoms with Gasteiger partial charge in [-0.15, -0.1) is 0 Å². The maximum absolute atomic E-state index is 11.3. The standard InChI is InChI=1S/C8H17N3O/c1-9-5-8(12)11-4-3-7(6-11)10-2/h7,9-10H,3-6H2,1-2H3/t7-/m0/s1. The van der Waals surface area contributed by atoms with Crippen LogP contribution in [-0.2, 0) is 4.79 Å². The minimum atomic E-state index is 0.204. The minimum Gasteiger partial charge on any atom is -0.340 e. The molecule has 0 aliphatic carbocycles. The van der Waals surface area contributed by atoms with Crippen LogP contribution in [0.2, 0.25) is 0 Å². The molecular weight excluding hydrogens is 154 g/mol. The van der Waals surface area contributed by atoms with Crippen molar-refractivity contribution in [3.8, 4) is 0 Å². The summed E-state index contributed by atoms with van der Waals surface area (Å²) >= 11 is 0. The highest BCUT2D eigenvalue weighted by Crippen LogP contribution is 2.07. The van der Waals surface area contributed by atoms with E-state index in [9.17, 15) is 4.79 Å². The van der Waals surface area contributed by atoms with Crippen LogP contribution in [0, 0.1) is 0 Å². The van der Waals surface area contributed by atoms with Crippen molar-refractivity contribution in [2.24, 2.45) is 0 Å². The maximum atomic E-state index is 11.3. The van der Waals surface area contributed by atoms with Gasteiger partial charge in [-0.2, -0.15) is 0 Å². The number of hydrogen-bond acceptors (Lipinski definition) is 3. The molecule has 4 heteroatoms. The molecule has 0 aromatic carbocycles. The molecule has 0 saturated carbocycles. The number of carbonyl (C=O) groups excluding carboxylic acids is 1. The Labute approximate surface area is 73.3 Å². The lowest BCUT2D eigenvalue weighted by Crippen LogP contribution is -2.37. The summed E-state index contributed by atoms with van der Waals surface area (Å²) in [4.78, 5) is 13.2. The van der Waals surface area contributed by atoms with Gasteiger partial charge in [-0.05, 0) is 20.5 Å². The molecule has 0 aromatic heterocycles. The Bertz CT molecular complexity index is 160. The molecule has 70 valence electrons. The number of nitrogens with zero attached hydrogens (tertiary/aromatic N) is 1. The minimum absolute atomic E-state index is 0.204. The number of amides is 1. The van der Waals surface area contributed by atoms with Gasteiger partial charge in [-0.25, -0.2) is 0 Å². The number of likely N-dealkylation sites (tertiary alicyclic amines) is 1. The van der Waals surface area contributed by atoms with Crippen molar-refractivity contribution in [2.75, 3.05) is 33.7 Å². The first-order valence-electron chi connectivity index (χ1n) is 4.37. The van der Waals surface area contributed by atoms with Crippen molar-refractivity contribution < 1.29 is 4.79 Å². The van der Waals surface area contributed by atoms with Crippen molar-refractivity contribution in [2.45, 2.75) is 12.5 Å². The molecule has 1 aliphatic heterocycles. The number of hydrogen-bond donors (Lipinski definition) is 2. The molecule has 0 aromatic rings. The Morgan fingerprint density at radius 3 is 2.83 bits per heavy atom. The summed E-state index contributed by atoms with van der Waals surface area (Å²) in [5.41, 5.74) is 0. The molecular formula is C8H17N3O. The van der Waals surface area contributed by atoms with E-state index in [0.717, 1.165) is 19.5 Å². The first-order chi connectivity index (χ1) is 5.77. The summed E-state index contributed by atoms with van der Waals surface area (Å²) in [6.45, 7) is 2.21. The predicted octanol–water partition coefficient (Wildman–Crippen LogP) is -0.974. The Morgan fingerprint density at radius 2 is 2.33 bits per heavy atom. The molecule has 0 radical (unpaired) electrons. The smallest absolute Gasteiger partial charge is 0.236 e.